The average molecular weight is 506 g/mol. The molecule has 0 aliphatic carbocycles. The van der Waals surface area contributed by atoms with Gasteiger partial charge in [-0.3, -0.25) is 25.0 Å². The number of methoxy groups -OCH3 is 1. The number of sulfonamides is 1. The first-order valence-electron chi connectivity index (χ1n) is 9.40. The Morgan fingerprint density at radius 2 is 1.53 bits per heavy atom. The van der Waals surface area contributed by atoms with Gasteiger partial charge >= 0.3 is 0 Å². The van der Waals surface area contributed by atoms with Gasteiger partial charge in [0.05, 0.1) is 38.1 Å². The maximum atomic E-state index is 13.5. The van der Waals surface area contributed by atoms with Crippen LogP contribution in [0.5, 0.6) is 5.75 Å². The maximum absolute atomic E-state index is 13.5. The predicted molar refractivity (Wildman–Crippen MR) is 123 cm³/mol. The fraction of sp³-hybridized carbons (Fsp3) is 0.0952. The monoisotopic (exact) mass is 505 g/mol. The van der Waals surface area contributed by atoms with Gasteiger partial charge in [-0.25, -0.2) is 8.42 Å². The number of rotatable bonds is 7. The first-order valence-corrected chi connectivity index (χ1v) is 11.2. The number of carbonyl (C=O) groups is 1. The number of hydrogen-bond acceptors (Lipinski definition) is 8. The molecule has 13 heteroatoms. The predicted octanol–water partition coefficient (Wildman–Crippen LogP) is 4.51. The summed E-state index contributed by atoms with van der Waals surface area (Å²) in [6, 6.07) is 12.3. The number of benzene rings is 3. The lowest BCUT2D eigenvalue weighted by Gasteiger charge is -2.23. The van der Waals surface area contributed by atoms with Crippen LogP contribution >= 0.6 is 11.6 Å². The summed E-state index contributed by atoms with van der Waals surface area (Å²) in [6.45, 7) is 1.16. The van der Waals surface area contributed by atoms with Gasteiger partial charge in [0.15, 0.2) is 0 Å². The smallest absolute Gasteiger partial charge is 0.279 e. The van der Waals surface area contributed by atoms with Gasteiger partial charge in [0.1, 0.15) is 11.3 Å². The van der Waals surface area contributed by atoms with Crippen LogP contribution in [0.25, 0.3) is 0 Å². The summed E-state index contributed by atoms with van der Waals surface area (Å²) in [5.41, 5.74) is -2.47. The zero-order valence-electron chi connectivity index (χ0n) is 17.7. The third kappa shape index (κ3) is 4.54. The lowest BCUT2D eigenvalue weighted by molar-refractivity contribution is -0.395. The fourth-order valence-corrected chi connectivity index (χ4v) is 4.83. The number of nitro groups is 2. The third-order valence-corrected chi connectivity index (χ3v) is 6.85. The molecule has 0 aliphatic heterocycles. The second-order valence-electron chi connectivity index (χ2n) is 6.86. The van der Waals surface area contributed by atoms with E-state index >= 15 is 0 Å². The van der Waals surface area contributed by atoms with Gasteiger partial charge in [-0.2, -0.15) is 4.31 Å². The Bertz CT molecular complexity index is 1380. The van der Waals surface area contributed by atoms with E-state index in [0.717, 1.165) is 25.1 Å². The number of hydrogen-bond donors (Lipinski definition) is 0. The number of halogens is 1. The molecule has 0 unspecified atom stereocenters. The summed E-state index contributed by atoms with van der Waals surface area (Å²) >= 11 is 6.14. The topological polar surface area (TPSA) is 150 Å². The molecule has 11 nitrogen and oxygen atoms in total. The Labute approximate surface area is 198 Å². The number of amides is 1. The van der Waals surface area contributed by atoms with Crippen molar-refractivity contribution in [2.24, 2.45) is 0 Å². The zero-order valence-corrected chi connectivity index (χ0v) is 19.2. The van der Waals surface area contributed by atoms with Crippen molar-refractivity contribution in [1.29, 1.82) is 0 Å². The van der Waals surface area contributed by atoms with Crippen molar-refractivity contribution in [3.63, 3.8) is 0 Å². The van der Waals surface area contributed by atoms with E-state index in [-0.39, 0.29) is 26.9 Å². The minimum atomic E-state index is -4.57. The number of ether oxygens (including phenoxy) is 1. The number of anilines is 1. The summed E-state index contributed by atoms with van der Waals surface area (Å²) in [7, 11) is -3.23. The highest BCUT2D eigenvalue weighted by atomic mass is 35.5. The lowest BCUT2D eigenvalue weighted by atomic mass is 10.1. The molecule has 3 aromatic carbocycles. The van der Waals surface area contributed by atoms with Crippen LogP contribution in [0.3, 0.4) is 0 Å². The van der Waals surface area contributed by atoms with Gasteiger partial charge in [-0.1, -0.05) is 29.8 Å². The molecule has 0 spiro atoms. The van der Waals surface area contributed by atoms with Crippen molar-refractivity contribution < 1.29 is 27.8 Å². The van der Waals surface area contributed by atoms with Crippen LogP contribution in [0.1, 0.15) is 15.9 Å². The normalized spacial score (nSPS) is 11.0. The molecule has 0 aliphatic rings. The fourth-order valence-electron chi connectivity index (χ4n) is 3.15. The van der Waals surface area contributed by atoms with E-state index in [9.17, 15) is 33.4 Å². The highest BCUT2D eigenvalue weighted by Crippen LogP contribution is 2.35. The first kappa shape index (κ1) is 24.6. The van der Waals surface area contributed by atoms with Crippen LogP contribution in [-0.2, 0) is 10.0 Å². The molecule has 0 saturated heterocycles. The van der Waals surface area contributed by atoms with Crippen molar-refractivity contribution in [2.45, 2.75) is 11.8 Å². The summed E-state index contributed by atoms with van der Waals surface area (Å²) in [6.07, 6.45) is 0. The summed E-state index contributed by atoms with van der Waals surface area (Å²) in [4.78, 5) is 34.4. The van der Waals surface area contributed by atoms with Crippen LogP contribution in [-0.4, -0.2) is 31.3 Å². The van der Waals surface area contributed by atoms with Gasteiger partial charge in [0.25, 0.3) is 27.3 Å². The van der Waals surface area contributed by atoms with Crippen LogP contribution in [0.15, 0.2) is 65.6 Å². The van der Waals surface area contributed by atoms with Gasteiger partial charge < -0.3 is 4.74 Å². The average Bonchev–Trinajstić information content (AvgIpc) is 2.79. The quantitative estimate of drug-likeness (QED) is 0.336. The first-order chi connectivity index (χ1) is 16.0. The standard InChI is InChI=1S/C21H16ClN3O8S/c1-13-18(24(27)28)10-14(11-19(13)25(29)30)21(26)23(15-8-9-20(33-2)17(22)12-15)34(31,32)16-6-4-3-5-7-16/h3-12H,1-2H3. The largest absolute Gasteiger partial charge is 0.495 e. The molecule has 34 heavy (non-hydrogen) atoms. The van der Waals surface area contributed by atoms with Crippen LogP contribution < -0.4 is 9.04 Å². The Hall–Kier alpha value is -4.03. The van der Waals surface area contributed by atoms with E-state index in [1.54, 1.807) is 6.07 Å². The molecule has 0 aromatic heterocycles. The Morgan fingerprint density at radius 1 is 0.971 bits per heavy atom. The highest BCUT2D eigenvalue weighted by molar-refractivity contribution is 7.93. The van der Waals surface area contributed by atoms with E-state index in [0.29, 0.717) is 4.31 Å². The number of carbonyl (C=O) groups excluding carboxylic acids is 1. The van der Waals surface area contributed by atoms with Gasteiger partial charge in [-0.15, -0.1) is 0 Å². The summed E-state index contributed by atoms with van der Waals surface area (Å²) < 4.78 is 32.4. The van der Waals surface area contributed by atoms with E-state index in [1.165, 1.54) is 43.5 Å². The Kier molecular flexibility index (Phi) is 6.84. The second kappa shape index (κ2) is 9.45. The van der Waals surface area contributed by atoms with Crippen molar-refractivity contribution in [1.82, 2.24) is 0 Å². The Morgan fingerprint density at radius 3 is 2.00 bits per heavy atom. The SMILES string of the molecule is COc1ccc(N(C(=O)c2cc([N+](=O)[O-])c(C)c([N+](=O)[O-])c2)S(=O)(=O)c2ccccc2)cc1Cl. The Balaban J connectivity index is 2.30. The van der Waals surface area contributed by atoms with Crippen molar-refractivity contribution in [3.05, 3.63) is 97.0 Å². The molecule has 0 heterocycles. The molecule has 0 radical (unpaired) electrons. The van der Waals surface area contributed by atoms with Crippen molar-refractivity contribution >= 4 is 44.6 Å². The zero-order chi connectivity index (χ0) is 25.2. The van der Waals surface area contributed by atoms with Gasteiger partial charge in [0.2, 0.25) is 0 Å². The molecule has 0 saturated carbocycles. The molecule has 3 rings (SSSR count). The van der Waals surface area contributed by atoms with Crippen molar-refractivity contribution in [3.8, 4) is 5.75 Å². The molecule has 3 aromatic rings. The van der Waals surface area contributed by atoms with E-state index in [4.69, 9.17) is 16.3 Å². The minimum absolute atomic E-state index is 0.0121. The molecule has 0 atom stereocenters. The van der Waals surface area contributed by atoms with Crippen LogP contribution in [0.2, 0.25) is 5.02 Å². The number of nitro benzene ring substituents is 2. The van der Waals surface area contributed by atoms with Crippen LogP contribution in [0, 0.1) is 27.2 Å². The highest BCUT2D eigenvalue weighted by Gasteiger charge is 2.35. The summed E-state index contributed by atoms with van der Waals surface area (Å²) in [5, 5.41) is 22.9. The van der Waals surface area contributed by atoms with Gasteiger partial charge in [0, 0.05) is 12.1 Å². The molecule has 1 amide bonds. The van der Waals surface area contributed by atoms with E-state index in [2.05, 4.69) is 0 Å². The molecule has 0 N–H and O–H groups in total. The molecular weight excluding hydrogens is 490 g/mol. The molecule has 0 bridgehead atoms. The van der Waals surface area contributed by atoms with Crippen LogP contribution in [0.4, 0.5) is 17.1 Å². The molecular formula is C21H16ClN3O8S. The van der Waals surface area contributed by atoms with E-state index < -0.39 is 42.7 Å². The molecule has 176 valence electrons. The van der Waals surface area contributed by atoms with Gasteiger partial charge in [-0.05, 0) is 37.3 Å². The third-order valence-electron chi connectivity index (χ3n) is 4.83. The number of nitrogens with zero attached hydrogens (tertiary/aromatic N) is 3. The molecule has 0 fully saturated rings. The summed E-state index contributed by atoms with van der Waals surface area (Å²) in [5.74, 6) is -1.05. The minimum Gasteiger partial charge on any atom is -0.495 e. The lowest BCUT2D eigenvalue weighted by Crippen LogP contribution is -2.37. The van der Waals surface area contributed by atoms with Crippen molar-refractivity contribution in [2.75, 3.05) is 11.4 Å². The second-order valence-corrected chi connectivity index (χ2v) is 9.05. The van der Waals surface area contributed by atoms with E-state index in [1.807, 2.05) is 0 Å². The maximum Gasteiger partial charge on any atom is 0.279 e.